The Morgan fingerprint density at radius 1 is 1.16 bits per heavy atom. The summed E-state index contributed by atoms with van der Waals surface area (Å²) in [5, 5.41) is 11.6. The average Bonchev–Trinajstić information content (AvgIpc) is 3.54. The molecule has 0 radical (unpaired) electrons. The van der Waals surface area contributed by atoms with Gasteiger partial charge in [0.2, 0.25) is 5.91 Å². The Labute approximate surface area is 248 Å². The van der Waals surface area contributed by atoms with Crippen molar-refractivity contribution in [3.05, 3.63) is 29.7 Å². The van der Waals surface area contributed by atoms with Gasteiger partial charge in [0.05, 0.1) is 35.1 Å². The lowest BCUT2D eigenvalue weighted by Crippen LogP contribution is -2.45. The number of likely N-dealkylation sites (tertiary alicyclic amines) is 1. The number of amides is 1. The number of nitrogens with zero attached hydrogens (tertiary/aromatic N) is 6. The zero-order valence-electron chi connectivity index (χ0n) is 24.7. The molecule has 1 aliphatic carbocycles. The van der Waals surface area contributed by atoms with E-state index in [9.17, 15) is 18.0 Å². The number of pyridine rings is 1. The molecule has 2 aromatic rings. The number of nitrogens with one attached hydrogen (secondary N) is 2. The van der Waals surface area contributed by atoms with Crippen molar-refractivity contribution in [2.24, 2.45) is 0 Å². The van der Waals surface area contributed by atoms with Crippen LogP contribution in [-0.2, 0) is 26.3 Å². The van der Waals surface area contributed by atoms with Crippen molar-refractivity contribution >= 4 is 35.1 Å². The number of halogens is 3. The van der Waals surface area contributed by atoms with Crippen molar-refractivity contribution < 1.29 is 27.4 Å². The number of ether oxygens (including phenoxy) is 2. The molecule has 0 unspecified atom stereocenters. The topological polar surface area (TPSA) is 120 Å². The molecule has 43 heavy (non-hydrogen) atoms. The Balaban J connectivity index is 1.29. The Morgan fingerprint density at radius 3 is 2.51 bits per heavy atom. The summed E-state index contributed by atoms with van der Waals surface area (Å²) in [6.07, 6.45) is -0.498. The molecule has 11 nitrogen and oxygen atoms in total. The smallest absolute Gasteiger partial charge is 0.408 e. The molecule has 0 bridgehead atoms. The largest absolute Gasteiger partial charge is 0.457 e. The molecule has 2 N–H and O–H groups in total. The number of morpholine rings is 1. The van der Waals surface area contributed by atoms with E-state index in [2.05, 4.69) is 25.2 Å². The SMILES string of the molecule is C[C@@H]1CN(c2ccc(N3C(=O)C(C)(C)c4c(NC5CC5)nc(COC(=N)N5CCC[C@@H]5C(F)(F)F)nc43)cn2)C[C@H](C)O1. The van der Waals surface area contributed by atoms with Gasteiger partial charge in [-0.05, 0) is 65.5 Å². The molecule has 5 heterocycles. The van der Waals surface area contributed by atoms with E-state index in [1.54, 1.807) is 6.20 Å². The van der Waals surface area contributed by atoms with Crippen LogP contribution in [0.4, 0.5) is 36.3 Å². The van der Waals surface area contributed by atoms with Crippen molar-refractivity contribution in [2.45, 2.75) is 95.9 Å². The van der Waals surface area contributed by atoms with Crippen LogP contribution in [0.3, 0.4) is 0 Å². The summed E-state index contributed by atoms with van der Waals surface area (Å²) in [6, 6.07) is 1.61. The predicted molar refractivity (Wildman–Crippen MR) is 154 cm³/mol. The summed E-state index contributed by atoms with van der Waals surface area (Å²) in [6.45, 7) is 8.87. The first-order valence-corrected chi connectivity index (χ1v) is 14.8. The summed E-state index contributed by atoms with van der Waals surface area (Å²) >= 11 is 0. The normalized spacial score (nSPS) is 25.2. The zero-order chi connectivity index (χ0) is 30.7. The number of rotatable bonds is 6. The lowest BCUT2D eigenvalue weighted by molar-refractivity contribution is -0.169. The third kappa shape index (κ3) is 5.68. The number of carbonyl (C=O) groups excluding carboxylic acids is 1. The lowest BCUT2D eigenvalue weighted by Gasteiger charge is -2.36. The molecule has 14 heteroatoms. The number of amidine groups is 1. The van der Waals surface area contributed by atoms with Gasteiger partial charge in [-0.3, -0.25) is 15.1 Å². The van der Waals surface area contributed by atoms with E-state index in [1.165, 1.54) is 4.90 Å². The van der Waals surface area contributed by atoms with Gasteiger partial charge in [0.1, 0.15) is 23.5 Å². The average molecular weight is 603 g/mol. The predicted octanol–water partition coefficient (Wildman–Crippen LogP) is 4.49. The van der Waals surface area contributed by atoms with Crippen molar-refractivity contribution in [1.82, 2.24) is 19.9 Å². The van der Waals surface area contributed by atoms with Gasteiger partial charge in [0.15, 0.2) is 12.4 Å². The molecule has 4 aliphatic rings. The molecule has 1 saturated carbocycles. The number of alkyl halides is 3. The molecule has 0 spiro atoms. The van der Waals surface area contributed by atoms with Gasteiger partial charge in [0.25, 0.3) is 6.02 Å². The van der Waals surface area contributed by atoms with Crippen molar-refractivity contribution in [1.29, 1.82) is 5.41 Å². The number of carbonyl (C=O) groups is 1. The van der Waals surface area contributed by atoms with E-state index in [0.717, 1.165) is 23.6 Å². The van der Waals surface area contributed by atoms with E-state index in [0.29, 0.717) is 42.4 Å². The Bertz CT molecular complexity index is 1390. The highest BCUT2D eigenvalue weighted by molar-refractivity contribution is 6.12. The van der Waals surface area contributed by atoms with Gasteiger partial charge in [0, 0.05) is 25.7 Å². The molecule has 0 aromatic carbocycles. The molecule has 3 aliphatic heterocycles. The second kappa shape index (κ2) is 10.8. The number of hydrogen-bond donors (Lipinski definition) is 2. The van der Waals surface area contributed by atoms with Crippen LogP contribution in [0.2, 0.25) is 0 Å². The zero-order valence-corrected chi connectivity index (χ0v) is 24.7. The second-order valence-electron chi connectivity index (χ2n) is 12.4. The Kier molecular flexibility index (Phi) is 7.38. The maximum Gasteiger partial charge on any atom is 0.408 e. The van der Waals surface area contributed by atoms with Gasteiger partial charge in [-0.1, -0.05) is 0 Å². The van der Waals surface area contributed by atoms with Crippen LogP contribution in [0.5, 0.6) is 0 Å². The highest BCUT2D eigenvalue weighted by atomic mass is 19.4. The second-order valence-corrected chi connectivity index (χ2v) is 12.4. The monoisotopic (exact) mass is 602 g/mol. The van der Waals surface area contributed by atoms with Gasteiger partial charge in [-0.2, -0.15) is 13.2 Å². The molecular formula is C29H37F3N8O3. The minimum absolute atomic E-state index is 0.0686. The summed E-state index contributed by atoms with van der Waals surface area (Å²) in [4.78, 5) is 32.5. The van der Waals surface area contributed by atoms with Crippen LogP contribution < -0.4 is 15.1 Å². The molecule has 2 aromatic heterocycles. The standard InChI is InChI=1S/C29H37F3N8O3/c1-16-13-38(14-17(2)43-16)22-10-9-19(12-34-22)40-25-23(28(3,4)26(40)41)24(35-18-7-8-18)36-21(37-25)15-42-27(33)39-11-5-6-20(39)29(30,31)32/h9-10,12,16-18,20,33H,5-8,11,13-15H2,1-4H3,(H,35,36,37)/t16-,17+,20-/m1/s1. The van der Waals surface area contributed by atoms with Crippen LogP contribution in [-0.4, -0.2) is 81.9 Å². The minimum Gasteiger partial charge on any atom is -0.457 e. The highest BCUT2D eigenvalue weighted by Crippen LogP contribution is 2.48. The first kappa shape index (κ1) is 29.4. The summed E-state index contributed by atoms with van der Waals surface area (Å²) in [7, 11) is 0. The van der Waals surface area contributed by atoms with E-state index >= 15 is 0 Å². The summed E-state index contributed by atoms with van der Waals surface area (Å²) < 4.78 is 51.8. The number of fused-ring (bicyclic) bond motifs is 1. The molecule has 3 atom stereocenters. The van der Waals surface area contributed by atoms with Crippen LogP contribution in [0.1, 0.15) is 64.8 Å². The van der Waals surface area contributed by atoms with Gasteiger partial charge in [-0.25, -0.2) is 15.0 Å². The van der Waals surface area contributed by atoms with E-state index in [1.807, 2.05) is 39.8 Å². The van der Waals surface area contributed by atoms with Crippen molar-refractivity contribution in [2.75, 3.05) is 34.8 Å². The molecule has 1 amide bonds. The fourth-order valence-electron chi connectivity index (χ4n) is 6.17. The van der Waals surface area contributed by atoms with Gasteiger partial charge < -0.3 is 24.6 Å². The van der Waals surface area contributed by atoms with E-state index in [-0.39, 0.29) is 49.6 Å². The molecule has 2 saturated heterocycles. The third-order valence-corrected chi connectivity index (χ3v) is 8.39. The number of anilines is 4. The molecule has 3 fully saturated rings. The number of aromatic nitrogens is 3. The first-order valence-electron chi connectivity index (χ1n) is 14.8. The fraction of sp³-hybridized carbons (Fsp3) is 0.621. The first-order chi connectivity index (χ1) is 20.3. The van der Waals surface area contributed by atoms with Crippen LogP contribution in [0, 0.1) is 5.41 Å². The van der Waals surface area contributed by atoms with Crippen molar-refractivity contribution in [3.63, 3.8) is 0 Å². The Hall–Kier alpha value is -3.68. The maximum absolute atomic E-state index is 13.9. The van der Waals surface area contributed by atoms with E-state index in [4.69, 9.17) is 14.9 Å². The van der Waals surface area contributed by atoms with Gasteiger partial charge >= 0.3 is 6.18 Å². The third-order valence-electron chi connectivity index (χ3n) is 8.39. The summed E-state index contributed by atoms with van der Waals surface area (Å²) in [5.41, 5.74) is 0.220. The van der Waals surface area contributed by atoms with Crippen molar-refractivity contribution in [3.8, 4) is 0 Å². The van der Waals surface area contributed by atoms with Crippen LogP contribution in [0.25, 0.3) is 0 Å². The molecular weight excluding hydrogens is 565 g/mol. The highest BCUT2D eigenvalue weighted by Gasteiger charge is 2.50. The maximum atomic E-state index is 13.9. The van der Waals surface area contributed by atoms with Crippen LogP contribution in [0.15, 0.2) is 18.3 Å². The molecule has 6 rings (SSSR count). The fourth-order valence-corrected chi connectivity index (χ4v) is 6.17. The van der Waals surface area contributed by atoms with Crippen LogP contribution >= 0.6 is 0 Å². The number of hydrogen-bond acceptors (Lipinski definition) is 9. The minimum atomic E-state index is -4.45. The molecule has 232 valence electrons. The Morgan fingerprint density at radius 2 is 1.88 bits per heavy atom. The summed E-state index contributed by atoms with van der Waals surface area (Å²) in [5.74, 6) is 1.60. The quantitative estimate of drug-likeness (QED) is 0.364. The van der Waals surface area contributed by atoms with E-state index < -0.39 is 23.7 Å². The van der Waals surface area contributed by atoms with Gasteiger partial charge in [-0.15, -0.1) is 0 Å². The lowest BCUT2D eigenvalue weighted by atomic mass is 9.87.